The van der Waals surface area contributed by atoms with Gasteiger partial charge >= 0.3 is 11.6 Å². The Morgan fingerprint density at radius 3 is 2.70 bits per heavy atom. The summed E-state index contributed by atoms with van der Waals surface area (Å²) < 4.78 is 6.23. The molecule has 0 spiro atoms. The van der Waals surface area contributed by atoms with Crippen molar-refractivity contribution in [3.8, 4) is 0 Å². The van der Waals surface area contributed by atoms with E-state index in [0.717, 1.165) is 6.20 Å². The Morgan fingerprint density at radius 1 is 1.30 bits per heavy atom. The molecule has 0 aliphatic rings. The molecule has 100 valence electrons. The van der Waals surface area contributed by atoms with Crippen LogP contribution in [0.2, 0.25) is 0 Å². The molecule has 3 N–H and O–H groups in total. The van der Waals surface area contributed by atoms with Crippen LogP contribution in [0.3, 0.4) is 0 Å². The van der Waals surface area contributed by atoms with Gasteiger partial charge in [0.1, 0.15) is 0 Å². The third-order valence-corrected chi connectivity index (χ3v) is 2.84. The Hall–Kier alpha value is -3.16. The molecule has 0 unspecified atom stereocenters. The maximum absolute atomic E-state index is 11.8. The normalized spacial score (nSPS) is 11.0. The number of carbonyl (C=O) groups is 2. The lowest BCUT2D eigenvalue weighted by Gasteiger charge is -2.04. The first kappa shape index (κ1) is 11.9. The second-order valence-electron chi connectivity index (χ2n) is 4.04. The van der Waals surface area contributed by atoms with E-state index in [2.05, 4.69) is 4.98 Å². The van der Waals surface area contributed by atoms with E-state index in [1.165, 1.54) is 22.6 Å². The number of carboxylic acid groups (broad SMARTS) is 1. The van der Waals surface area contributed by atoms with Gasteiger partial charge in [-0.1, -0.05) is 0 Å². The fourth-order valence-corrected chi connectivity index (χ4v) is 1.98. The lowest BCUT2D eigenvalue weighted by Crippen LogP contribution is -2.17. The third-order valence-electron chi connectivity index (χ3n) is 2.84. The molecule has 0 saturated carbocycles. The largest absolute Gasteiger partial charge is 0.478 e. The molecule has 0 radical (unpaired) electrons. The van der Waals surface area contributed by atoms with Crippen molar-refractivity contribution in [3.05, 3.63) is 46.2 Å². The minimum absolute atomic E-state index is 0.00818. The highest BCUT2D eigenvalue weighted by Crippen LogP contribution is 2.18. The highest BCUT2D eigenvalue weighted by atomic mass is 16.4. The van der Waals surface area contributed by atoms with E-state index < -0.39 is 17.5 Å². The van der Waals surface area contributed by atoms with Crippen LogP contribution in [0, 0.1) is 0 Å². The van der Waals surface area contributed by atoms with E-state index in [1.54, 1.807) is 0 Å². The molecule has 20 heavy (non-hydrogen) atoms. The van der Waals surface area contributed by atoms with Crippen LogP contribution in [0.15, 0.2) is 33.6 Å². The van der Waals surface area contributed by atoms with Crippen LogP contribution in [0.4, 0.5) is 0 Å². The predicted molar refractivity (Wildman–Crippen MR) is 66.7 cm³/mol. The summed E-state index contributed by atoms with van der Waals surface area (Å²) in [5.41, 5.74) is 4.85. The molecule has 1 amide bonds. The Labute approximate surface area is 110 Å². The first-order valence-corrected chi connectivity index (χ1v) is 5.46. The second-order valence-corrected chi connectivity index (χ2v) is 4.04. The van der Waals surface area contributed by atoms with Gasteiger partial charge in [0.15, 0.2) is 11.1 Å². The number of aromatic carboxylic acids is 1. The minimum Gasteiger partial charge on any atom is -0.478 e. The highest BCUT2D eigenvalue weighted by Gasteiger charge is 2.17. The van der Waals surface area contributed by atoms with E-state index in [4.69, 9.17) is 15.3 Å². The molecule has 0 aliphatic heterocycles. The number of rotatable bonds is 2. The number of hydrogen-bond donors (Lipinski definition) is 2. The Morgan fingerprint density at radius 2 is 2.05 bits per heavy atom. The van der Waals surface area contributed by atoms with Crippen molar-refractivity contribution >= 4 is 28.5 Å². The summed E-state index contributed by atoms with van der Waals surface area (Å²) in [6.45, 7) is 0. The standard InChI is InChI=1S/C12H7N3O5/c13-9(16)10-14-4-7-12(19)20-8-2-1-5(11(17)18)3-6(8)15(7)10/h1-4H,(H2,13,16)(H,17,18). The Balaban J connectivity index is 2.56. The van der Waals surface area contributed by atoms with Crippen LogP contribution in [-0.2, 0) is 0 Å². The molecule has 0 bridgehead atoms. The topological polar surface area (TPSA) is 128 Å². The number of amides is 1. The number of fused-ring (bicyclic) bond motifs is 3. The molecular weight excluding hydrogens is 266 g/mol. The predicted octanol–water partition coefficient (Wildman–Crippen LogP) is 0.238. The number of nitrogens with two attached hydrogens (primary N) is 1. The molecular formula is C12H7N3O5. The van der Waals surface area contributed by atoms with Gasteiger partial charge in [-0.2, -0.15) is 0 Å². The van der Waals surface area contributed by atoms with E-state index in [-0.39, 0.29) is 28.0 Å². The van der Waals surface area contributed by atoms with Crippen LogP contribution in [0.25, 0.3) is 16.6 Å². The molecule has 0 fully saturated rings. The average Bonchev–Trinajstić information content (AvgIpc) is 2.84. The van der Waals surface area contributed by atoms with Crippen LogP contribution in [-0.4, -0.2) is 26.4 Å². The number of primary amides is 1. The minimum atomic E-state index is -1.15. The second kappa shape index (κ2) is 3.92. The van der Waals surface area contributed by atoms with Gasteiger partial charge in [0.25, 0.3) is 5.91 Å². The molecule has 2 heterocycles. The Bertz CT molecular complexity index is 937. The highest BCUT2D eigenvalue weighted by molar-refractivity contribution is 5.95. The van der Waals surface area contributed by atoms with E-state index in [1.807, 2.05) is 0 Å². The number of benzene rings is 1. The molecule has 3 rings (SSSR count). The summed E-state index contributed by atoms with van der Waals surface area (Å²) in [6, 6.07) is 3.91. The summed E-state index contributed by atoms with van der Waals surface area (Å²) in [7, 11) is 0. The van der Waals surface area contributed by atoms with Crippen molar-refractivity contribution in [2.24, 2.45) is 5.73 Å². The van der Waals surface area contributed by atoms with Crippen molar-refractivity contribution in [2.75, 3.05) is 0 Å². The van der Waals surface area contributed by atoms with E-state index in [0.29, 0.717) is 0 Å². The molecule has 3 aromatic rings. The lowest BCUT2D eigenvalue weighted by atomic mass is 10.2. The van der Waals surface area contributed by atoms with E-state index >= 15 is 0 Å². The monoisotopic (exact) mass is 273 g/mol. The van der Waals surface area contributed by atoms with Gasteiger partial charge in [-0.05, 0) is 18.2 Å². The lowest BCUT2D eigenvalue weighted by molar-refractivity contribution is 0.0697. The SMILES string of the molecule is NC(=O)c1ncc2c(=O)oc3ccc(C(=O)O)cc3n12. The summed E-state index contributed by atoms with van der Waals surface area (Å²) in [4.78, 5) is 37.8. The maximum atomic E-state index is 11.8. The van der Waals surface area contributed by atoms with Crippen LogP contribution in [0.5, 0.6) is 0 Å². The number of imidazole rings is 1. The zero-order chi connectivity index (χ0) is 14.4. The molecule has 0 saturated heterocycles. The van der Waals surface area contributed by atoms with Crippen molar-refractivity contribution in [3.63, 3.8) is 0 Å². The quantitative estimate of drug-likeness (QED) is 0.688. The van der Waals surface area contributed by atoms with Gasteiger partial charge in [-0.15, -0.1) is 0 Å². The molecule has 0 atom stereocenters. The van der Waals surface area contributed by atoms with Crippen LogP contribution in [0.1, 0.15) is 21.0 Å². The van der Waals surface area contributed by atoms with Crippen molar-refractivity contribution < 1.29 is 19.1 Å². The maximum Gasteiger partial charge on any atom is 0.362 e. The molecule has 0 aliphatic carbocycles. The number of carbonyl (C=O) groups excluding carboxylic acids is 1. The van der Waals surface area contributed by atoms with Gasteiger partial charge in [0.2, 0.25) is 5.82 Å². The van der Waals surface area contributed by atoms with Crippen LogP contribution < -0.4 is 11.4 Å². The third kappa shape index (κ3) is 1.55. The first-order valence-electron chi connectivity index (χ1n) is 5.46. The fourth-order valence-electron chi connectivity index (χ4n) is 1.98. The van der Waals surface area contributed by atoms with E-state index in [9.17, 15) is 14.4 Å². The van der Waals surface area contributed by atoms with Gasteiger partial charge < -0.3 is 15.3 Å². The molecule has 8 heteroatoms. The number of hydrogen-bond acceptors (Lipinski definition) is 5. The Kier molecular flexibility index (Phi) is 2.33. The number of carboxylic acids is 1. The fraction of sp³-hybridized carbons (Fsp3) is 0. The number of nitrogens with zero attached hydrogens (tertiary/aromatic N) is 2. The summed E-state index contributed by atoms with van der Waals surface area (Å²) in [6.07, 6.45) is 1.15. The van der Waals surface area contributed by atoms with Crippen LogP contribution >= 0.6 is 0 Å². The van der Waals surface area contributed by atoms with Crippen molar-refractivity contribution in [1.82, 2.24) is 9.38 Å². The smallest absolute Gasteiger partial charge is 0.362 e. The molecule has 8 nitrogen and oxygen atoms in total. The first-order chi connectivity index (χ1) is 9.49. The van der Waals surface area contributed by atoms with Crippen molar-refractivity contribution in [2.45, 2.75) is 0 Å². The zero-order valence-corrected chi connectivity index (χ0v) is 9.86. The number of aromatic nitrogens is 2. The van der Waals surface area contributed by atoms with Gasteiger partial charge in [0, 0.05) is 0 Å². The molecule has 2 aromatic heterocycles. The summed E-state index contributed by atoms with van der Waals surface area (Å²) in [5, 5.41) is 8.99. The molecule has 1 aromatic carbocycles. The van der Waals surface area contributed by atoms with Crippen molar-refractivity contribution in [1.29, 1.82) is 0 Å². The van der Waals surface area contributed by atoms with Gasteiger partial charge in [0.05, 0.1) is 17.3 Å². The zero-order valence-electron chi connectivity index (χ0n) is 9.86. The van der Waals surface area contributed by atoms with Gasteiger partial charge in [-0.25, -0.2) is 14.6 Å². The summed E-state index contributed by atoms with van der Waals surface area (Å²) >= 11 is 0. The average molecular weight is 273 g/mol. The van der Waals surface area contributed by atoms with Gasteiger partial charge in [-0.3, -0.25) is 9.20 Å². The summed E-state index contributed by atoms with van der Waals surface area (Å²) in [5.74, 6) is -2.15.